The van der Waals surface area contributed by atoms with Crippen molar-refractivity contribution in [1.29, 1.82) is 0 Å². The number of hydrogen-bond donors (Lipinski definition) is 1. The Morgan fingerprint density at radius 2 is 1.85 bits per heavy atom. The minimum Gasteiger partial charge on any atom is -0.330 e. The molecule has 1 aromatic heterocycles. The lowest BCUT2D eigenvalue weighted by atomic mass is 10.1. The first kappa shape index (κ1) is 14.5. The van der Waals surface area contributed by atoms with E-state index < -0.39 is 0 Å². The lowest BCUT2D eigenvalue weighted by molar-refractivity contribution is 0.935. The molecule has 0 aliphatic rings. The first-order valence-electron chi connectivity index (χ1n) is 7.15. The van der Waals surface area contributed by atoms with Crippen LogP contribution in [0.2, 0.25) is 0 Å². The predicted octanol–water partition coefficient (Wildman–Crippen LogP) is 3.36. The number of aryl methyl sites for hydroxylation is 2. The number of benzene rings is 1. The molecule has 0 bridgehead atoms. The molecule has 3 heteroatoms. The van der Waals surface area contributed by atoms with Gasteiger partial charge in [-0.05, 0) is 57.0 Å². The largest absolute Gasteiger partial charge is 0.330 e. The van der Waals surface area contributed by atoms with Crippen molar-refractivity contribution in [2.75, 3.05) is 18.0 Å². The topological polar surface area (TPSA) is 42.2 Å². The van der Waals surface area contributed by atoms with Crippen molar-refractivity contribution in [3.63, 3.8) is 0 Å². The van der Waals surface area contributed by atoms with Crippen LogP contribution in [0, 0.1) is 13.8 Å². The molecule has 2 rings (SSSR count). The van der Waals surface area contributed by atoms with Gasteiger partial charge in [0.1, 0.15) is 5.82 Å². The van der Waals surface area contributed by atoms with Gasteiger partial charge in [0.2, 0.25) is 0 Å². The molecule has 0 aliphatic carbocycles. The van der Waals surface area contributed by atoms with E-state index in [0.717, 1.165) is 18.8 Å². The average Bonchev–Trinajstić information content (AvgIpc) is 2.44. The van der Waals surface area contributed by atoms with Crippen molar-refractivity contribution in [3.05, 3.63) is 53.2 Å². The Kier molecular flexibility index (Phi) is 4.74. The number of aromatic nitrogens is 1. The third-order valence-electron chi connectivity index (χ3n) is 3.46. The lowest BCUT2D eigenvalue weighted by Gasteiger charge is -2.24. The summed E-state index contributed by atoms with van der Waals surface area (Å²) < 4.78 is 0. The van der Waals surface area contributed by atoms with Gasteiger partial charge in [-0.25, -0.2) is 4.98 Å². The number of nitrogens with two attached hydrogens (primary N) is 1. The van der Waals surface area contributed by atoms with Gasteiger partial charge in [0.15, 0.2) is 0 Å². The van der Waals surface area contributed by atoms with Gasteiger partial charge in [-0.1, -0.05) is 23.8 Å². The Labute approximate surface area is 121 Å². The summed E-state index contributed by atoms with van der Waals surface area (Å²) in [4.78, 5) is 6.87. The summed E-state index contributed by atoms with van der Waals surface area (Å²) in [5, 5.41) is 0. The second kappa shape index (κ2) is 6.53. The van der Waals surface area contributed by atoms with E-state index in [4.69, 9.17) is 5.73 Å². The molecule has 106 valence electrons. The van der Waals surface area contributed by atoms with Crippen LogP contribution in [0.15, 0.2) is 36.5 Å². The maximum atomic E-state index is 5.60. The van der Waals surface area contributed by atoms with E-state index in [1.807, 2.05) is 6.20 Å². The first-order chi connectivity index (χ1) is 9.65. The monoisotopic (exact) mass is 269 g/mol. The second-order valence-corrected chi connectivity index (χ2v) is 5.10. The molecule has 0 fully saturated rings. The van der Waals surface area contributed by atoms with Crippen LogP contribution in [0.3, 0.4) is 0 Å². The summed E-state index contributed by atoms with van der Waals surface area (Å²) in [6.45, 7) is 7.92. The van der Waals surface area contributed by atoms with Crippen molar-refractivity contribution in [3.8, 4) is 0 Å². The van der Waals surface area contributed by atoms with E-state index in [1.54, 1.807) is 0 Å². The zero-order valence-corrected chi connectivity index (χ0v) is 12.6. The van der Waals surface area contributed by atoms with E-state index in [2.05, 4.69) is 61.0 Å². The molecule has 2 aromatic rings. The average molecular weight is 269 g/mol. The van der Waals surface area contributed by atoms with Gasteiger partial charge in [-0.15, -0.1) is 0 Å². The van der Waals surface area contributed by atoms with Crippen molar-refractivity contribution in [2.24, 2.45) is 5.73 Å². The Balaban J connectivity index is 2.34. The zero-order chi connectivity index (χ0) is 14.5. The van der Waals surface area contributed by atoms with Crippen molar-refractivity contribution in [2.45, 2.75) is 27.2 Å². The van der Waals surface area contributed by atoms with Crippen LogP contribution in [0.5, 0.6) is 0 Å². The van der Waals surface area contributed by atoms with Crippen LogP contribution in [0.1, 0.15) is 23.6 Å². The summed E-state index contributed by atoms with van der Waals surface area (Å²) in [6, 6.07) is 10.7. The highest BCUT2D eigenvalue weighted by Gasteiger charge is 2.11. The minimum atomic E-state index is 0.663. The molecule has 0 amide bonds. The molecule has 0 radical (unpaired) electrons. The highest BCUT2D eigenvalue weighted by atomic mass is 15.2. The molecular weight excluding hydrogens is 246 g/mol. The van der Waals surface area contributed by atoms with E-state index in [9.17, 15) is 0 Å². The number of hydrogen-bond acceptors (Lipinski definition) is 3. The third-order valence-corrected chi connectivity index (χ3v) is 3.46. The zero-order valence-electron chi connectivity index (χ0n) is 12.6. The van der Waals surface area contributed by atoms with Crippen molar-refractivity contribution in [1.82, 2.24) is 4.98 Å². The van der Waals surface area contributed by atoms with Gasteiger partial charge < -0.3 is 10.6 Å². The SMILES string of the molecule is CCN(c1ccc(C)cc1)c1ncc(CCN)cc1C. The standard InChI is InChI=1S/C17H23N3/c1-4-20(16-7-5-13(2)6-8-16)17-14(3)11-15(9-10-18)12-19-17/h5-8,11-12H,4,9-10,18H2,1-3H3. The Bertz CT molecular complexity index is 561. The smallest absolute Gasteiger partial charge is 0.135 e. The van der Waals surface area contributed by atoms with Crippen LogP contribution in [-0.2, 0) is 6.42 Å². The summed E-state index contributed by atoms with van der Waals surface area (Å²) >= 11 is 0. The van der Waals surface area contributed by atoms with Gasteiger partial charge >= 0.3 is 0 Å². The van der Waals surface area contributed by atoms with E-state index in [-0.39, 0.29) is 0 Å². The highest BCUT2D eigenvalue weighted by molar-refractivity contribution is 5.63. The summed E-state index contributed by atoms with van der Waals surface area (Å²) in [6.07, 6.45) is 2.82. The van der Waals surface area contributed by atoms with Crippen molar-refractivity contribution < 1.29 is 0 Å². The van der Waals surface area contributed by atoms with Crippen molar-refractivity contribution >= 4 is 11.5 Å². The number of rotatable bonds is 5. The predicted molar refractivity (Wildman–Crippen MR) is 85.6 cm³/mol. The molecule has 0 saturated carbocycles. The number of pyridine rings is 1. The molecule has 0 atom stereocenters. The Hall–Kier alpha value is -1.87. The molecule has 1 aromatic carbocycles. The quantitative estimate of drug-likeness (QED) is 0.905. The summed E-state index contributed by atoms with van der Waals surface area (Å²) in [7, 11) is 0. The Morgan fingerprint density at radius 3 is 2.40 bits per heavy atom. The van der Waals surface area contributed by atoms with Crippen LogP contribution in [0.4, 0.5) is 11.5 Å². The highest BCUT2D eigenvalue weighted by Crippen LogP contribution is 2.26. The van der Waals surface area contributed by atoms with Gasteiger partial charge in [0.05, 0.1) is 0 Å². The second-order valence-electron chi connectivity index (χ2n) is 5.10. The maximum Gasteiger partial charge on any atom is 0.135 e. The van der Waals surface area contributed by atoms with Gasteiger partial charge in [-0.2, -0.15) is 0 Å². The van der Waals surface area contributed by atoms with E-state index >= 15 is 0 Å². The lowest BCUT2D eigenvalue weighted by Crippen LogP contribution is -2.18. The molecule has 0 unspecified atom stereocenters. The number of anilines is 2. The normalized spacial score (nSPS) is 10.6. The fourth-order valence-corrected chi connectivity index (χ4v) is 2.39. The summed E-state index contributed by atoms with van der Waals surface area (Å²) in [5.74, 6) is 1.03. The molecule has 0 aliphatic heterocycles. The molecule has 3 nitrogen and oxygen atoms in total. The van der Waals surface area contributed by atoms with Crippen LogP contribution in [-0.4, -0.2) is 18.1 Å². The first-order valence-corrected chi connectivity index (χ1v) is 7.15. The molecule has 20 heavy (non-hydrogen) atoms. The van der Waals surface area contributed by atoms with E-state index in [0.29, 0.717) is 6.54 Å². The van der Waals surface area contributed by atoms with Gasteiger partial charge in [-0.3, -0.25) is 0 Å². The van der Waals surface area contributed by atoms with Gasteiger partial charge in [0, 0.05) is 18.4 Å². The van der Waals surface area contributed by atoms with Crippen LogP contribution >= 0.6 is 0 Å². The van der Waals surface area contributed by atoms with Crippen LogP contribution in [0.25, 0.3) is 0 Å². The van der Waals surface area contributed by atoms with Crippen LogP contribution < -0.4 is 10.6 Å². The molecular formula is C17H23N3. The molecule has 2 N–H and O–H groups in total. The maximum absolute atomic E-state index is 5.60. The fraction of sp³-hybridized carbons (Fsp3) is 0.353. The fourth-order valence-electron chi connectivity index (χ4n) is 2.39. The molecule has 0 spiro atoms. The molecule has 1 heterocycles. The molecule has 0 saturated heterocycles. The Morgan fingerprint density at radius 1 is 1.15 bits per heavy atom. The number of nitrogens with zero attached hydrogens (tertiary/aromatic N) is 2. The van der Waals surface area contributed by atoms with E-state index in [1.165, 1.54) is 22.4 Å². The summed E-state index contributed by atoms with van der Waals surface area (Å²) in [5.41, 5.74) is 10.4. The minimum absolute atomic E-state index is 0.663. The van der Waals surface area contributed by atoms with Gasteiger partial charge in [0.25, 0.3) is 0 Å². The third kappa shape index (κ3) is 3.17.